The number of anilines is 1. The van der Waals surface area contributed by atoms with Crippen molar-refractivity contribution < 1.29 is 19.1 Å². The van der Waals surface area contributed by atoms with Gasteiger partial charge in [-0.15, -0.1) is 0 Å². The van der Waals surface area contributed by atoms with Crippen LogP contribution in [-0.2, 0) is 9.59 Å². The number of rotatable bonds is 5. The van der Waals surface area contributed by atoms with Crippen LogP contribution >= 0.6 is 11.6 Å². The predicted molar refractivity (Wildman–Crippen MR) is 110 cm³/mol. The lowest BCUT2D eigenvalue weighted by Gasteiger charge is -2.25. The number of fused-ring (bicyclic) bond motifs is 1. The lowest BCUT2D eigenvalue weighted by molar-refractivity contribution is -0.122. The maximum absolute atomic E-state index is 12.8. The highest BCUT2D eigenvalue weighted by Gasteiger charge is 2.49. The smallest absolute Gasteiger partial charge is 0.237 e. The van der Waals surface area contributed by atoms with Gasteiger partial charge in [-0.2, -0.15) is 0 Å². The van der Waals surface area contributed by atoms with Crippen LogP contribution in [0.5, 0.6) is 5.75 Å². The van der Waals surface area contributed by atoms with Gasteiger partial charge in [0.1, 0.15) is 5.75 Å². The van der Waals surface area contributed by atoms with Gasteiger partial charge < -0.3 is 4.74 Å². The predicted octanol–water partition coefficient (Wildman–Crippen LogP) is 4.53. The standard InChI is InChI=1S/C23H22ClNO4/c1-14-2-11-19-20(12-14)23(28)25(22(19)27)17-7-9-18(10-8-17)29-13-21(26)15-3-5-16(24)6-4-15/h3-10,14,19-20H,2,11-13H2,1H3/t14-,19-,20-/m1/s1. The average molecular weight is 412 g/mol. The summed E-state index contributed by atoms with van der Waals surface area (Å²) in [5, 5.41) is 0.568. The largest absolute Gasteiger partial charge is 0.485 e. The monoisotopic (exact) mass is 411 g/mol. The summed E-state index contributed by atoms with van der Waals surface area (Å²) < 4.78 is 5.56. The van der Waals surface area contributed by atoms with Gasteiger partial charge in [0.15, 0.2) is 12.4 Å². The topological polar surface area (TPSA) is 63.7 Å². The first-order valence-electron chi connectivity index (χ1n) is 9.83. The molecule has 1 saturated heterocycles. The van der Waals surface area contributed by atoms with Crippen molar-refractivity contribution in [2.45, 2.75) is 26.2 Å². The van der Waals surface area contributed by atoms with Crippen LogP contribution < -0.4 is 9.64 Å². The molecule has 0 aromatic heterocycles. The molecule has 2 aliphatic rings. The van der Waals surface area contributed by atoms with Gasteiger partial charge >= 0.3 is 0 Å². The summed E-state index contributed by atoms with van der Waals surface area (Å²) in [5.41, 5.74) is 1.08. The van der Waals surface area contributed by atoms with Crippen LogP contribution in [0, 0.1) is 17.8 Å². The first-order valence-corrected chi connectivity index (χ1v) is 10.2. The second-order valence-electron chi connectivity index (χ2n) is 7.86. The molecule has 4 rings (SSSR count). The molecule has 5 nitrogen and oxygen atoms in total. The third-order valence-corrected chi connectivity index (χ3v) is 6.07. The van der Waals surface area contributed by atoms with Gasteiger partial charge in [-0.05, 0) is 73.7 Å². The Morgan fingerprint density at radius 1 is 1.00 bits per heavy atom. The minimum Gasteiger partial charge on any atom is -0.485 e. The van der Waals surface area contributed by atoms with Crippen molar-refractivity contribution in [3.8, 4) is 5.75 Å². The summed E-state index contributed by atoms with van der Waals surface area (Å²) in [6, 6.07) is 13.4. The fourth-order valence-corrected chi connectivity index (χ4v) is 4.33. The molecule has 0 N–H and O–H groups in total. The molecule has 3 atom stereocenters. The quantitative estimate of drug-likeness (QED) is 0.535. The fraction of sp³-hybridized carbons (Fsp3) is 0.348. The van der Waals surface area contributed by atoms with E-state index in [1.54, 1.807) is 48.5 Å². The number of amides is 2. The molecule has 2 aromatic rings. The van der Waals surface area contributed by atoms with Crippen LogP contribution in [0.4, 0.5) is 5.69 Å². The van der Waals surface area contributed by atoms with E-state index in [1.807, 2.05) is 0 Å². The van der Waals surface area contributed by atoms with Gasteiger partial charge in [-0.1, -0.05) is 18.5 Å². The third-order valence-electron chi connectivity index (χ3n) is 5.82. The van der Waals surface area contributed by atoms with Crippen molar-refractivity contribution in [1.82, 2.24) is 0 Å². The molecule has 0 unspecified atom stereocenters. The number of hydrogen-bond acceptors (Lipinski definition) is 4. The van der Waals surface area contributed by atoms with Crippen LogP contribution in [0.25, 0.3) is 0 Å². The van der Waals surface area contributed by atoms with Crippen LogP contribution in [0.2, 0.25) is 5.02 Å². The Hall–Kier alpha value is -2.66. The summed E-state index contributed by atoms with van der Waals surface area (Å²) in [6.45, 7) is 2.03. The van der Waals surface area contributed by atoms with Crippen molar-refractivity contribution in [3.63, 3.8) is 0 Å². The molecule has 6 heteroatoms. The van der Waals surface area contributed by atoms with E-state index >= 15 is 0 Å². The SMILES string of the molecule is C[C@@H]1CC[C@H]2C(=O)N(c3ccc(OCC(=O)c4ccc(Cl)cc4)cc3)C(=O)[C@@H]2C1. The van der Waals surface area contributed by atoms with Gasteiger partial charge in [0.05, 0.1) is 17.5 Å². The van der Waals surface area contributed by atoms with E-state index < -0.39 is 0 Å². The summed E-state index contributed by atoms with van der Waals surface area (Å²) in [6.07, 6.45) is 2.54. The molecule has 1 aliphatic carbocycles. The number of benzene rings is 2. The molecule has 1 saturated carbocycles. The van der Waals surface area contributed by atoms with E-state index in [4.69, 9.17) is 16.3 Å². The molecule has 150 valence electrons. The van der Waals surface area contributed by atoms with Crippen molar-refractivity contribution in [2.24, 2.45) is 17.8 Å². The molecule has 0 radical (unpaired) electrons. The molecule has 1 aliphatic heterocycles. The molecule has 0 spiro atoms. The third kappa shape index (κ3) is 3.92. The van der Waals surface area contributed by atoms with Crippen LogP contribution in [-0.4, -0.2) is 24.2 Å². The minimum atomic E-state index is -0.195. The Morgan fingerprint density at radius 3 is 2.34 bits per heavy atom. The van der Waals surface area contributed by atoms with Crippen LogP contribution in [0.3, 0.4) is 0 Å². The number of Topliss-reactive ketones (excluding diaryl/α,β-unsaturated/α-hetero) is 1. The van der Waals surface area contributed by atoms with Gasteiger partial charge in [0.25, 0.3) is 0 Å². The highest BCUT2D eigenvalue weighted by Crippen LogP contribution is 2.42. The summed E-state index contributed by atoms with van der Waals surface area (Å²) in [5.74, 6) is 0.236. The summed E-state index contributed by atoms with van der Waals surface area (Å²) >= 11 is 5.83. The van der Waals surface area contributed by atoms with E-state index in [0.717, 1.165) is 19.3 Å². The molecule has 1 heterocycles. The van der Waals surface area contributed by atoms with Gasteiger partial charge in [0.2, 0.25) is 11.8 Å². The second kappa shape index (κ2) is 7.99. The van der Waals surface area contributed by atoms with E-state index in [0.29, 0.717) is 27.9 Å². The Labute approximate surface area is 174 Å². The van der Waals surface area contributed by atoms with E-state index in [9.17, 15) is 14.4 Å². The lowest BCUT2D eigenvalue weighted by atomic mass is 9.76. The first-order chi connectivity index (χ1) is 13.9. The molecular formula is C23H22ClNO4. The van der Waals surface area contributed by atoms with Crippen molar-refractivity contribution >= 4 is 34.9 Å². The zero-order valence-corrected chi connectivity index (χ0v) is 16.9. The molecule has 0 bridgehead atoms. The Balaban J connectivity index is 1.41. The van der Waals surface area contributed by atoms with Crippen molar-refractivity contribution in [1.29, 1.82) is 0 Å². The normalized spacial score (nSPS) is 23.8. The maximum Gasteiger partial charge on any atom is 0.237 e. The second-order valence-corrected chi connectivity index (χ2v) is 8.29. The highest BCUT2D eigenvalue weighted by molar-refractivity contribution is 6.30. The molecule has 2 amide bonds. The number of carbonyl (C=O) groups is 3. The Kier molecular flexibility index (Phi) is 5.41. The maximum atomic E-state index is 12.8. The lowest BCUT2D eigenvalue weighted by Crippen LogP contribution is -2.30. The van der Waals surface area contributed by atoms with Crippen LogP contribution in [0.15, 0.2) is 48.5 Å². The van der Waals surface area contributed by atoms with Crippen molar-refractivity contribution in [3.05, 3.63) is 59.1 Å². The molecule has 29 heavy (non-hydrogen) atoms. The zero-order valence-electron chi connectivity index (χ0n) is 16.1. The number of nitrogens with zero attached hydrogens (tertiary/aromatic N) is 1. The number of ether oxygens (including phenoxy) is 1. The van der Waals surface area contributed by atoms with E-state index in [2.05, 4.69) is 6.92 Å². The fourth-order valence-electron chi connectivity index (χ4n) is 4.20. The first kappa shape index (κ1) is 19.6. The van der Waals surface area contributed by atoms with Crippen molar-refractivity contribution in [2.75, 3.05) is 11.5 Å². The number of halogens is 1. The summed E-state index contributed by atoms with van der Waals surface area (Å²) in [7, 11) is 0. The Morgan fingerprint density at radius 2 is 1.66 bits per heavy atom. The highest BCUT2D eigenvalue weighted by atomic mass is 35.5. The Bertz CT molecular complexity index is 938. The molecule has 2 aromatic carbocycles. The molecule has 2 fully saturated rings. The number of imide groups is 1. The van der Waals surface area contributed by atoms with E-state index in [1.165, 1.54) is 4.90 Å². The van der Waals surface area contributed by atoms with Gasteiger partial charge in [0, 0.05) is 10.6 Å². The molecular weight excluding hydrogens is 390 g/mol. The number of ketones is 1. The van der Waals surface area contributed by atoms with Gasteiger partial charge in [-0.25, -0.2) is 0 Å². The zero-order chi connectivity index (χ0) is 20.5. The average Bonchev–Trinajstić information content (AvgIpc) is 2.97. The van der Waals surface area contributed by atoms with Gasteiger partial charge in [-0.3, -0.25) is 19.3 Å². The van der Waals surface area contributed by atoms with E-state index in [-0.39, 0.29) is 36.0 Å². The van der Waals surface area contributed by atoms with Crippen LogP contribution in [0.1, 0.15) is 36.5 Å². The summed E-state index contributed by atoms with van der Waals surface area (Å²) in [4.78, 5) is 39.1. The number of hydrogen-bond donors (Lipinski definition) is 0. The number of carbonyl (C=O) groups excluding carboxylic acids is 3. The minimum absolute atomic E-state index is 0.0986.